The fourth-order valence-corrected chi connectivity index (χ4v) is 4.30. The predicted molar refractivity (Wildman–Crippen MR) is 132 cm³/mol. The number of rotatable bonds is 7. The molecule has 0 bridgehead atoms. The van der Waals surface area contributed by atoms with Gasteiger partial charge in [0.15, 0.2) is 5.16 Å². The lowest BCUT2D eigenvalue weighted by molar-refractivity contribution is -0.115. The zero-order valence-electron chi connectivity index (χ0n) is 18.5. The summed E-state index contributed by atoms with van der Waals surface area (Å²) in [7, 11) is 1.64. The molecule has 7 nitrogen and oxygen atoms in total. The van der Waals surface area contributed by atoms with Crippen molar-refractivity contribution in [3.8, 4) is 11.4 Å². The van der Waals surface area contributed by atoms with Crippen LogP contribution in [0.25, 0.3) is 16.7 Å². The van der Waals surface area contributed by atoms with Gasteiger partial charge in [0, 0.05) is 24.0 Å². The summed E-state index contributed by atoms with van der Waals surface area (Å²) in [4.78, 5) is 28.8. The van der Waals surface area contributed by atoms with Crippen LogP contribution in [0.2, 0.25) is 0 Å². The smallest absolute Gasteiger partial charge is 0.237 e. The van der Waals surface area contributed by atoms with Gasteiger partial charge >= 0.3 is 0 Å². The van der Waals surface area contributed by atoms with Gasteiger partial charge in [0.2, 0.25) is 11.8 Å². The maximum absolute atomic E-state index is 12.9. The minimum absolute atomic E-state index is 0.138. The lowest BCUT2D eigenvalue weighted by Crippen LogP contribution is -2.22. The summed E-state index contributed by atoms with van der Waals surface area (Å²) < 4.78 is 7.33. The number of nitrogens with zero attached hydrogens (tertiary/aromatic N) is 2. The fraction of sp³-hybridized carbons (Fsp3) is 0.160. The number of imidazole rings is 1. The number of benzene rings is 3. The molecule has 168 valence electrons. The Bertz CT molecular complexity index is 1280. The first-order valence-corrected chi connectivity index (χ1v) is 11.3. The number of anilines is 2. The molecule has 2 N–H and O–H groups in total. The van der Waals surface area contributed by atoms with E-state index in [0.717, 1.165) is 27.6 Å². The topological polar surface area (TPSA) is 85.2 Å². The molecule has 3 aromatic carbocycles. The molecule has 4 rings (SSSR count). The third kappa shape index (κ3) is 5.18. The number of methoxy groups -OCH3 is 1. The number of hydrogen-bond acceptors (Lipinski definition) is 5. The largest absolute Gasteiger partial charge is 0.497 e. The Labute approximate surface area is 196 Å². The van der Waals surface area contributed by atoms with Crippen LogP contribution in [0.5, 0.6) is 5.75 Å². The van der Waals surface area contributed by atoms with Crippen molar-refractivity contribution in [3.05, 3.63) is 72.8 Å². The average Bonchev–Trinajstić information content (AvgIpc) is 3.17. The SMILES string of the molecule is COc1ccc(-n2c(S[C@H](C)C(=O)Nc3ccc(NC(C)=O)cc3)nc3ccccc32)cc1. The number of carbonyl (C=O) groups is 2. The van der Waals surface area contributed by atoms with Crippen LogP contribution in [-0.2, 0) is 9.59 Å². The number of ether oxygens (including phenoxy) is 1. The van der Waals surface area contributed by atoms with Crippen LogP contribution in [0, 0.1) is 0 Å². The summed E-state index contributed by atoms with van der Waals surface area (Å²) in [6.45, 7) is 3.30. The van der Waals surface area contributed by atoms with Crippen molar-refractivity contribution in [2.24, 2.45) is 0 Å². The first-order valence-electron chi connectivity index (χ1n) is 10.4. The first kappa shape index (κ1) is 22.4. The molecular weight excluding hydrogens is 436 g/mol. The highest BCUT2D eigenvalue weighted by atomic mass is 32.2. The molecule has 0 fully saturated rings. The van der Waals surface area contributed by atoms with E-state index in [0.29, 0.717) is 11.4 Å². The third-order valence-corrected chi connectivity index (χ3v) is 6.04. The highest BCUT2D eigenvalue weighted by molar-refractivity contribution is 8.00. The number of nitrogens with one attached hydrogen (secondary N) is 2. The summed E-state index contributed by atoms with van der Waals surface area (Å²) >= 11 is 1.39. The summed E-state index contributed by atoms with van der Waals surface area (Å²) in [5.41, 5.74) is 4.10. The van der Waals surface area contributed by atoms with E-state index in [1.807, 2.05) is 60.0 Å². The van der Waals surface area contributed by atoms with E-state index in [9.17, 15) is 9.59 Å². The summed E-state index contributed by atoms with van der Waals surface area (Å²) in [5.74, 6) is 0.492. The average molecular weight is 461 g/mol. The second-order valence-corrected chi connectivity index (χ2v) is 8.73. The molecule has 33 heavy (non-hydrogen) atoms. The monoisotopic (exact) mass is 460 g/mol. The van der Waals surface area contributed by atoms with Gasteiger partial charge in [-0.25, -0.2) is 4.98 Å². The summed E-state index contributed by atoms with van der Waals surface area (Å²) in [6.07, 6.45) is 0. The number of hydrogen-bond donors (Lipinski definition) is 2. The first-order chi connectivity index (χ1) is 15.9. The number of thioether (sulfide) groups is 1. The highest BCUT2D eigenvalue weighted by Crippen LogP contribution is 2.31. The number of amides is 2. The molecule has 8 heteroatoms. The maximum Gasteiger partial charge on any atom is 0.237 e. The second-order valence-electron chi connectivity index (χ2n) is 7.42. The Kier molecular flexibility index (Phi) is 6.65. The molecule has 1 atom stereocenters. The quantitative estimate of drug-likeness (QED) is 0.374. The van der Waals surface area contributed by atoms with Crippen molar-refractivity contribution in [1.82, 2.24) is 9.55 Å². The van der Waals surface area contributed by atoms with Crippen LogP contribution in [0.1, 0.15) is 13.8 Å². The minimum atomic E-state index is -0.395. The van der Waals surface area contributed by atoms with Crippen molar-refractivity contribution in [2.75, 3.05) is 17.7 Å². The molecule has 1 heterocycles. The van der Waals surface area contributed by atoms with Gasteiger partial charge in [-0.2, -0.15) is 0 Å². The van der Waals surface area contributed by atoms with Crippen LogP contribution in [0.15, 0.2) is 78.0 Å². The van der Waals surface area contributed by atoms with Gasteiger partial charge in [0.1, 0.15) is 5.75 Å². The van der Waals surface area contributed by atoms with Crippen molar-refractivity contribution >= 4 is 46.0 Å². The molecule has 0 saturated heterocycles. The zero-order valence-corrected chi connectivity index (χ0v) is 19.3. The van der Waals surface area contributed by atoms with E-state index in [2.05, 4.69) is 10.6 Å². The Morgan fingerprint density at radius 3 is 2.21 bits per heavy atom. The van der Waals surface area contributed by atoms with Gasteiger partial charge in [-0.1, -0.05) is 23.9 Å². The molecule has 2 amide bonds. The van der Waals surface area contributed by atoms with Crippen molar-refractivity contribution in [1.29, 1.82) is 0 Å². The standard InChI is InChI=1S/C25H24N4O3S/c1-16(24(31)27-19-10-8-18(9-11-19)26-17(2)30)33-25-28-22-6-4-5-7-23(22)29(25)20-12-14-21(32-3)15-13-20/h4-16H,1-3H3,(H,26,30)(H,27,31)/t16-/m1/s1. The van der Waals surface area contributed by atoms with E-state index >= 15 is 0 Å². The number of fused-ring (bicyclic) bond motifs is 1. The Balaban J connectivity index is 1.55. The Morgan fingerprint density at radius 1 is 0.939 bits per heavy atom. The fourth-order valence-electron chi connectivity index (χ4n) is 3.36. The lowest BCUT2D eigenvalue weighted by atomic mass is 10.2. The second kappa shape index (κ2) is 9.79. The number of carbonyl (C=O) groups excluding carboxylic acids is 2. The van der Waals surface area contributed by atoms with Crippen molar-refractivity contribution < 1.29 is 14.3 Å². The molecule has 1 aromatic heterocycles. The van der Waals surface area contributed by atoms with Gasteiger partial charge in [0.25, 0.3) is 0 Å². The van der Waals surface area contributed by atoms with Crippen molar-refractivity contribution in [2.45, 2.75) is 24.3 Å². The molecule has 0 aliphatic rings. The molecular formula is C25H24N4O3S. The molecule has 0 radical (unpaired) electrons. The van der Waals surface area contributed by atoms with Crippen LogP contribution < -0.4 is 15.4 Å². The van der Waals surface area contributed by atoms with E-state index in [-0.39, 0.29) is 11.8 Å². The van der Waals surface area contributed by atoms with Crippen LogP contribution >= 0.6 is 11.8 Å². The van der Waals surface area contributed by atoms with Crippen LogP contribution in [0.4, 0.5) is 11.4 Å². The molecule has 0 saturated carbocycles. The number of aromatic nitrogens is 2. The molecule has 4 aromatic rings. The Morgan fingerprint density at radius 2 is 1.58 bits per heavy atom. The van der Waals surface area contributed by atoms with Crippen LogP contribution in [-0.4, -0.2) is 33.7 Å². The van der Waals surface area contributed by atoms with Gasteiger partial charge < -0.3 is 15.4 Å². The predicted octanol–water partition coefficient (Wildman–Crippen LogP) is 5.11. The van der Waals surface area contributed by atoms with Gasteiger partial charge in [-0.15, -0.1) is 0 Å². The molecule has 0 unspecified atom stereocenters. The van der Waals surface area contributed by atoms with E-state index < -0.39 is 5.25 Å². The third-order valence-electron chi connectivity index (χ3n) is 4.98. The van der Waals surface area contributed by atoms with E-state index in [4.69, 9.17) is 9.72 Å². The number of para-hydroxylation sites is 2. The van der Waals surface area contributed by atoms with Crippen molar-refractivity contribution in [3.63, 3.8) is 0 Å². The molecule has 0 spiro atoms. The maximum atomic E-state index is 12.9. The Hall–Kier alpha value is -3.78. The summed E-state index contributed by atoms with van der Waals surface area (Å²) in [5, 5.41) is 5.96. The molecule has 0 aliphatic carbocycles. The minimum Gasteiger partial charge on any atom is -0.497 e. The van der Waals surface area contributed by atoms with Gasteiger partial charge in [-0.3, -0.25) is 14.2 Å². The normalized spacial score (nSPS) is 11.7. The molecule has 0 aliphatic heterocycles. The lowest BCUT2D eigenvalue weighted by Gasteiger charge is -2.14. The van der Waals surface area contributed by atoms with Gasteiger partial charge in [-0.05, 0) is 67.6 Å². The summed E-state index contributed by atoms with van der Waals surface area (Å²) in [6, 6.07) is 22.6. The van der Waals surface area contributed by atoms with Crippen LogP contribution in [0.3, 0.4) is 0 Å². The van der Waals surface area contributed by atoms with E-state index in [1.54, 1.807) is 31.4 Å². The zero-order chi connectivity index (χ0) is 23.4. The van der Waals surface area contributed by atoms with Gasteiger partial charge in [0.05, 0.1) is 23.4 Å². The highest BCUT2D eigenvalue weighted by Gasteiger charge is 2.20. The van der Waals surface area contributed by atoms with E-state index in [1.165, 1.54) is 18.7 Å².